The van der Waals surface area contributed by atoms with Gasteiger partial charge in [0.2, 0.25) is 0 Å². The second-order valence-corrected chi connectivity index (χ2v) is 7.21. The predicted octanol–water partition coefficient (Wildman–Crippen LogP) is 5.92. The highest BCUT2D eigenvalue weighted by atomic mass is 16.5. The fourth-order valence-corrected chi connectivity index (χ4v) is 3.32. The molecule has 0 bridgehead atoms. The van der Waals surface area contributed by atoms with E-state index in [9.17, 15) is 0 Å². The van der Waals surface area contributed by atoms with Crippen LogP contribution in [0, 0.1) is 6.92 Å². The highest BCUT2D eigenvalue weighted by molar-refractivity contribution is 5.93. The molecule has 152 valence electrons. The zero-order chi connectivity index (χ0) is 21.0. The minimum Gasteiger partial charge on any atom is -0.489 e. The minimum atomic E-state index is 0.536. The molecule has 2 heterocycles. The summed E-state index contributed by atoms with van der Waals surface area (Å²) in [6, 6.07) is 25.8. The first-order valence-corrected chi connectivity index (χ1v) is 9.97. The van der Waals surface area contributed by atoms with Gasteiger partial charge in [-0.2, -0.15) is 0 Å². The van der Waals surface area contributed by atoms with E-state index in [1.807, 2.05) is 85.8 Å². The van der Waals surface area contributed by atoms with Crippen LogP contribution in [0.5, 0.6) is 5.75 Å². The molecule has 0 atom stereocenters. The van der Waals surface area contributed by atoms with Gasteiger partial charge in [-0.25, -0.2) is 9.97 Å². The van der Waals surface area contributed by atoms with Gasteiger partial charge in [0.1, 0.15) is 24.5 Å². The van der Waals surface area contributed by atoms with Crippen LogP contribution in [0.1, 0.15) is 11.3 Å². The van der Waals surface area contributed by atoms with Crippen molar-refractivity contribution in [3.8, 4) is 17.1 Å². The number of nitrogens with zero attached hydrogens (tertiary/aromatic N) is 3. The van der Waals surface area contributed by atoms with E-state index >= 15 is 0 Å². The van der Waals surface area contributed by atoms with Gasteiger partial charge in [-0.1, -0.05) is 35.5 Å². The van der Waals surface area contributed by atoms with Gasteiger partial charge in [-0.3, -0.25) is 0 Å². The summed E-state index contributed by atoms with van der Waals surface area (Å²) in [4.78, 5) is 8.81. The highest BCUT2D eigenvalue weighted by Gasteiger charge is 2.10. The molecule has 0 aliphatic rings. The minimum absolute atomic E-state index is 0.536. The Labute approximate surface area is 179 Å². The summed E-state index contributed by atoms with van der Waals surface area (Å²) < 4.78 is 11.3. The average molecular weight is 408 g/mol. The lowest BCUT2D eigenvalue weighted by atomic mass is 10.1. The Kier molecular flexibility index (Phi) is 5.02. The molecular weight excluding hydrogens is 388 g/mol. The Balaban J connectivity index is 1.36. The van der Waals surface area contributed by atoms with Gasteiger partial charge >= 0.3 is 0 Å². The van der Waals surface area contributed by atoms with Crippen molar-refractivity contribution in [1.82, 2.24) is 15.1 Å². The molecule has 2 aromatic heterocycles. The van der Waals surface area contributed by atoms with Crippen LogP contribution in [0.3, 0.4) is 0 Å². The van der Waals surface area contributed by atoms with Gasteiger partial charge < -0.3 is 14.6 Å². The molecule has 0 fully saturated rings. The second-order valence-electron chi connectivity index (χ2n) is 7.21. The third kappa shape index (κ3) is 4.23. The van der Waals surface area contributed by atoms with E-state index in [-0.39, 0.29) is 0 Å². The summed E-state index contributed by atoms with van der Waals surface area (Å²) in [7, 11) is 0. The van der Waals surface area contributed by atoms with Gasteiger partial charge in [-0.05, 0) is 55.0 Å². The van der Waals surface area contributed by atoms with E-state index < -0.39 is 0 Å². The molecule has 1 N–H and O–H groups in total. The molecular formula is C25H20N4O2. The fraction of sp³-hybridized carbons (Fsp3) is 0.0800. The van der Waals surface area contributed by atoms with Gasteiger partial charge in [0.05, 0.1) is 11.2 Å². The van der Waals surface area contributed by atoms with Crippen LogP contribution in [-0.4, -0.2) is 15.1 Å². The number of fused-ring (bicyclic) bond motifs is 1. The van der Waals surface area contributed by atoms with E-state index in [1.54, 1.807) is 6.33 Å². The maximum Gasteiger partial charge on any atom is 0.167 e. The summed E-state index contributed by atoms with van der Waals surface area (Å²) in [5.74, 6) is 2.25. The van der Waals surface area contributed by atoms with Crippen LogP contribution in [0.2, 0.25) is 0 Å². The van der Waals surface area contributed by atoms with E-state index in [4.69, 9.17) is 9.26 Å². The van der Waals surface area contributed by atoms with Crippen molar-refractivity contribution in [2.24, 2.45) is 0 Å². The molecule has 31 heavy (non-hydrogen) atoms. The number of anilines is 2. The number of benzene rings is 3. The van der Waals surface area contributed by atoms with Crippen molar-refractivity contribution >= 4 is 22.4 Å². The molecule has 0 aliphatic carbocycles. The lowest BCUT2D eigenvalue weighted by molar-refractivity contribution is 0.306. The number of rotatable bonds is 6. The van der Waals surface area contributed by atoms with Crippen LogP contribution in [-0.2, 0) is 6.61 Å². The van der Waals surface area contributed by atoms with Crippen molar-refractivity contribution in [3.05, 3.63) is 96.4 Å². The van der Waals surface area contributed by atoms with Crippen molar-refractivity contribution in [3.63, 3.8) is 0 Å². The average Bonchev–Trinajstić information content (AvgIpc) is 3.25. The fourth-order valence-electron chi connectivity index (χ4n) is 3.32. The first kappa shape index (κ1) is 18.8. The third-order valence-corrected chi connectivity index (χ3v) is 4.91. The maximum absolute atomic E-state index is 5.86. The highest BCUT2D eigenvalue weighted by Crippen LogP contribution is 2.29. The second kappa shape index (κ2) is 8.28. The molecule has 0 saturated carbocycles. The summed E-state index contributed by atoms with van der Waals surface area (Å²) in [5, 5.41) is 8.25. The number of hydrogen-bond acceptors (Lipinski definition) is 6. The molecule has 6 nitrogen and oxygen atoms in total. The Hall–Kier alpha value is -4.19. The SMILES string of the molecule is Cc1cc(-c2ccc3ncnc(Nc4ccc(OCc5ccccc5)cc4)c3c2)on1. The molecule has 0 radical (unpaired) electrons. The predicted molar refractivity (Wildman–Crippen MR) is 120 cm³/mol. The van der Waals surface area contributed by atoms with Crippen molar-refractivity contribution in [2.45, 2.75) is 13.5 Å². The lowest BCUT2D eigenvalue weighted by Crippen LogP contribution is -1.97. The molecule has 0 aliphatic heterocycles. The summed E-state index contributed by atoms with van der Waals surface area (Å²) in [6.07, 6.45) is 1.56. The molecule has 5 aromatic rings. The lowest BCUT2D eigenvalue weighted by Gasteiger charge is -2.10. The molecule has 0 spiro atoms. The molecule has 0 amide bonds. The summed E-state index contributed by atoms with van der Waals surface area (Å²) >= 11 is 0. The molecule has 5 rings (SSSR count). The number of aromatic nitrogens is 3. The Morgan fingerprint density at radius 1 is 0.903 bits per heavy atom. The smallest absolute Gasteiger partial charge is 0.167 e. The number of aryl methyl sites for hydroxylation is 1. The zero-order valence-electron chi connectivity index (χ0n) is 16.9. The zero-order valence-corrected chi connectivity index (χ0v) is 16.9. The first-order chi connectivity index (χ1) is 15.2. The van der Waals surface area contributed by atoms with E-state index in [0.29, 0.717) is 12.4 Å². The van der Waals surface area contributed by atoms with Crippen LogP contribution in [0.25, 0.3) is 22.2 Å². The number of ether oxygens (including phenoxy) is 1. The Morgan fingerprint density at radius 2 is 1.74 bits per heavy atom. The van der Waals surface area contributed by atoms with Gasteiger partial charge in [0.25, 0.3) is 0 Å². The first-order valence-electron chi connectivity index (χ1n) is 9.97. The van der Waals surface area contributed by atoms with Gasteiger partial charge in [-0.15, -0.1) is 0 Å². The standard InChI is InChI=1S/C25H20N4O2/c1-17-13-24(31-29-17)19-7-12-23-22(14-19)25(27-16-26-23)28-20-8-10-21(11-9-20)30-15-18-5-3-2-4-6-18/h2-14,16H,15H2,1H3,(H,26,27,28). The topological polar surface area (TPSA) is 73.1 Å². The van der Waals surface area contributed by atoms with Crippen molar-refractivity contribution < 1.29 is 9.26 Å². The largest absolute Gasteiger partial charge is 0.489 e. The molecule has 6 heteroatoms. The van der Waals surface area contributed by atoms with Crippen LogP contribution in [0.4, 0.5) is 11.5 Å². The monoisotopic (exact) mass is 408 g/mol. The van der Waals surface area contributed by atoms with Gasteiger partial charge in [0.15, 0.2) is 5.76 Å². The quantitative estimate of drug-likeness (QED) is 0.376. The third-order valence-electron chi connectivity index (χ3n) is 4.91. The van der Waals surface area contributed by atoms with Crippen molar-refractivity contribution in [2.75, 3.05) is 5.32 Å². The van der Waals surface area contributed by atoms with E-state index in [0.717, 1.165) is 45.0 Å². The molecule has 3 aromatic carbocycles. The summed E-state index contributed by atoms with van der Waals surface area (Å²) in [5.41, 5.74) is 4.66. The van der Waals surface area contributed by atoms with Crippen LogP contribution in [0.15, 0.2) is 89.7 Å². The van der Waals surface area contributed by atoms with Crippen LogP contribution < -0.4 is 10.1 Å². The van der Waals surface area contributed by atoms with E-state index in [2.05, 4.69) is 20.4 Å². The Bertz CT molecular complexity index is 1310. The maximum atomic E-state index is 5.86. The van der Waals surface area contributed by atoms with Gasteiger partial charge in [0, 0.05) is 22.7 Å². The number of nitrogens with one attached hydrogen (secondary N) is 1. The van der Waals surface area contributed by atoms with E-state index in [1.165, 1.54) is 0 Å². The van der Waals surface area contributed by atoms with Crippen LogP contribution >= 0.6 is 0 Å². The summed E-state index contributed by atoms with van der Waals surface area (Å²) in [6.45, 7) is 2.44. The van der Waals surface area contributed by atoms with Crippen molar-refractivity contribution in [1.29, 1.82) is 0 Å². The molecule has 0 unspecified atom stereocenters. The normalized spacial score (nSPS) is 10.9. The Morgan fingerprint density at radius 3 is 2.52 bits per heavy atom. The molecule has 0 saturated heterocycles. The number of hydrogen-bond donors (Lipinski definition) is 1.